The Bertz CT molecular complexity index is 330. The summed E-state index contributed by atoms with van der Waals surface area (Å²) in [5.41, 5.74) is 1.04. The highest BCUT2D eigenvalue weighted by Crippen LogP contribution is 2.11. The van der Waals surface area contributed by atoms with E-state index in [0.29, 0.717) is 6.42 Å². The molecule has 0 aliphatic rings. The zero-order valence-electron chi connectivity index (χ0n) is 8.30. The Balaban J connectivity index is 2.37. The lowest BCUT2D eigenvalue weighted by Gasteiger charge is -2.04. The zero-order valence-corrected chi connectivity index (χ0v) is 12.0. The van der Waals surface area contributed by atoms with E-state index in [9.17, 15) is 4.79 Å². The van der Waals surface area contributed by atoms with Crippen molar-refractivity contribution in [3.8, 4) is 0 Å². The number of benzene rings is 1. The Kier molecular flexibility index (Phi) is 6.24. The summed E-state index contributed by atoms with van der Waals surface area (Å²) in [5.74, 6) is 0.0953. The maximum Gasteiger partial charge on any atom is 0.224 e. The van der Waals surface area contributed by atoms with Gasteiger partial charge >= 0.3 is 0 Å². The molecule has 0 bridgehead atoms. The number of hydrogen-bond donors (Lipinski definition) is 1. The number of carbonyl (C=O) groups excluding carboxylic acids is 1. The molecule has 1 amide bonds. The van der Waals surface area contributed by atoms with Crippen LogP contribution in [0, 0.1) is 0 Å². The first-order valence-corrected chi connectivity index (χ1v) is 7.11. The maximum atomic E-state index is 11.5. The third kappa shape index (κ3) is 5.51. The Morgan fingerprint density at radius 2 is 2.27 bits per heavy atom. The molecule has 0 aliphatic carbocycles. The number of carbonyl (C=O) groups is 1. The zero-order chi connectivity index (χ0) is 11.1. The molecule has 0 radical (unpaired) electrons. The van der Waals surface area contributed by atoms with E-state index >= 15 is 0 Å². The smallest absolute Gasteiger partial charge is 0.224 e. The molecule has 0 aliphatic heterocycles. The second kappa shape index (κ2) is 7.22. The van der Waals surface area contributed by atoms with Crippen LogP contribution in [0.15, 0.2) is 28.7 Å². The van der Waals surface area contributed by atoms with Crippen molar-refractivity contribution in [2.75, 3.05) is 11.0 Å². The molecule has 0 heterocycles. The molecule has 2 nitrogen and oxygen atoms in total. The fraction of sp³-hybridized carbons (Fsp3) is 0.364. The number of nitrogens with one attached hydrogen (secondary N) is 1. The lowest BCUT2D eigenvalue weighted by Crippen LogP contribution is -2.26. The van der Waals surface area contributed by atoms with Gasteiger partial charge in [-0.05, 0) is 24.1 Å². The lowest BCUT2D eigenvalue weighted by molar-refractivity contribution is -0.120. The van der Waals surface area contributed by atoms with Crippen LogP contribution in [0.3, 0.4) is 0 Å². The SMILES string of the molecule is O=C(Cc1cccc(Br)c1)NCCCI. The highest BCUT2D eigenvalue weighted by molar-refractivity contribution is 14.1. The molecule has 1 aromatic carbocycles. The van der Waals surface area contributed by atoms with Gasteiger partial charge in [0.05, 0.1) is 6.42 Å². The molecule has 0 fully saturated rings. The molecule has 1 aromatic rings. The van der Waals surface area contributed by atoms with Gasteiger partial charge in [0.25, 0.3) is 0 Å². The van der Waals surface area contributed by atoms with Crippen molar-refractivity contribution in [3.63, 3.8) is 0 Å². The van der Waals surface area contributed by atoms with Gasteiger partial charge in [0.15, 0.2) is 0 Å². The second-order valence-electron chi connectivity index (χ2n) is 3.20. The summed E-state index contributed by atoms with van der Waals surface area (Å²) in [6, 6.07) is 7.83. The van der Waals surface area contributed by atoms with Gasteiger partial charge in [-0.15, -0.1) is 0 Å². The van der Waals surface area contributed by atoms with Crippen LogP contribution in [0.1, 0.15) is 12.0 Å². The average molecular weight is 382 g/mol. The van der Waals surface area contributed by atoms with Gasteiger partial charge in [-0.25, -0.2) is 0 Å². The number of amides is 1. The van der Waals surface area contributed by atoms with E-state index < -0.39 is 0 Å². The van der Waals surface area contributed by atoms with Gasteiger partial charge in [-0.2, -0.15) is 0 Å². The van der Waals surface area contributed by atoms with E-state index in [0.717, 1.165) is 27.4 Å². The topological polar surface area (TPSA) is 29.1 Å². The molecule has 1 rings (SSSR count). The maximum absolute atomic E-state index is 11.5. The van der Waals surface area contributed by atoms with Crippen molar-refractivity contribution in [2.24, 2.45) is 0 Å². The van der Waals surface area contributed by atoms with Crippen LogP contribution in [-0.2, 0) is 11.2 Å². The van der Waals surface area contributed by atoms with Crippen molar-refractivity contribution in [2.45, 2.75) is 12.8 Å². The third-order valence-corrected chi connectivity index (χ3v) is 3.14. The predicted octanol–water partition coefficient (Wildman–Crippen LogP) is 2.93. The highest BCUT2D eigenvalue weighted by Gasteiger charge is 2.02. The van der Waals surface area contributed by atoms with Crippen molar-refractivity contribution < 1.29 is 4.79 Å². The van der Waals surface area contributed by atoms with Crippen molar-refractivity contribution in [3.05, 3.63) is 34.3 Å². The minimum atomic E-state index is 0.0953. The summed E-state index contributed by atoms with van der Waals surface area (Å²) < 4.78 is 2.09. The monoisotopic (exact) mass is 381 g/mol. The fourth-order valence-electron chi connectivity index (χ4n) is 1.19. The molecule has 0 aromatic heterocycles. The number of alkyl halides is 1. The first-order chi connectivity index (χ1) is 7.22. The summed E-state index contributed by atoms with van der Waals surface area (Å²) in [4.78, 5) is 11.5. The summed E-state index contributed by atoms with van der Waals surface area (Å²) in [6.07, 6.45) is 1.49. The van der Waals surface area contributed by atoms with Crippen molar-refractivity contribution in [1.29, 1.82) is 0 Å². The molecule has 0 saturated heterocycles. The van der Waals surface area contributed by atoms with Crippen LogP contribution in [0.4, 0.5) is 0 Å². The molecule has 15 heavy (non-hydrogen) atoms. The molecule has 0 spiro atoms. The summed E-state index contributed by atoms with van der Waals surface area (Å²) >= 11 is 5.69. The van der Waals surface area contributed by atoms with E-state index in [4.69, 9.17) is 0 Å². The first kappa shape index (κ1) is 13.0. The lowest BCUT2D eigenvalue weighted by atomic mass is 10.1. The van der Waals surface area contributed by atoms with Crippen molar-refractivity contribution >= 4 is 44.4 Å². The van der Waals surface area contributed by atoms with Crippen LogP contribution in [0.5, 0.6) is 0 Å². The van der Waals surface area contributed by atoms with E-state index in [1.807, 2.05) is 24.3 Å². The number of halogens is 2. The van der Waals surface area contributed by atoms with Gasteiger partial charge in [0, 0.05) is 15.4 Å². The van der Waals surface area contributed by atoms with Crippen molar-refractivity contribution in [1.82, 2.24) is 5.32 Å². The molecule has 0 saturated carbocycles. The average Bonchev–Trinajstić information content (AvgIpc) is 2.18. The van der Waals surface area contributed by atoms with Crippen LogP contribution in [0.25, 0.3) is 0 Å². The molecule has 82 valence electrons. The molecule has 1 N–H and O–H groups in total. The second-order valence-corrected chi connectivity index (χ2v) is 5.19. The Morgan fingerprint density at radius 1 is 1.47 bits per heavy atom. The van der Waals surface area contributed by atoms with Crippen LogP contribution in [0.2, 0.25) is 0 Å². The standard InChI is InChI=1S/C11H13BrINO/c12-10-4-1-3-9(7-10)8-11(15)14-6-2-5-13/h1,3-4,7H,2,5-6,8H2,(H,14,15). The van der Waals surface area contributed by atoms with Gasteiger partial charge in [0.2, 0.25) is 5.91 Å². The molecular formula is C11H13BrINO. The third-order valence-electron chi connectivity index (χ3n) is 1.89. The Hall–Kier alpha value is -0.100. The molecular weight excluding hydrogens is 369 g/mol. The minimum absolute atomic E-state index is 0.0953. The largest absolute Gasteiger partial charge is 0.356 e. The summed E-state index contributed by atoms with van der Waals surface area (Å²) in [6.45, 7) is 0.774. The van der Waals surface area contributed by atoms with Crippen LogP contribution >= 0.6 is 38.5 Å². The minimum Gasteiger partial charge on any atom is -0.356 e. The number of rotatable bonds is 5. The Morgan fingerprint density at radius 3 is 2.93 bits per heavy atom. The van der Waals surface area contributed by atoms with Gasteiger partial charge < -0.3 is 5.32 Å². The van der Waals surface area contributed by atoms with E-state index in [2.05, 4.69) is 43.8 Å². The van der Waals surface area contributed by atoms with E-state index in [1.54, 1.807) is 0 Å². The van der Waals surface area contributed by atoms with Gasteiger partial charge in [0.1, 0.15) is 0 Å². The predicted molar refractivity (Wildman–Crippen MR) is 74.4 cm³/mol. The van der Waals surface area contributed by atoms with E-state index in [1.165, 1.54) is 0 Å². The molecule has 4 heteroatoms. The highest BCUT2D eigenvalue weighted by atomic mass is 127. The normalized spacial score (nSPS) is 10.0. The fourth-order valence-corrected chi connectivity index (χ4v) is 2.02. The van der Waals surface area contributed by atoms with E-state index in [-0.39, 0.29) is 5.91 Å². The summed E-state index contributed by atoms with van der Waals surface area (Å²) in [5, 5.41) is 2.89. The van der Waals surface area contributed by atoms with Gasteiger partial charge in [-0.3, -0.25) is 4.79 Å². The quantitative estimate of drug-likeness (QED) is 0.474. The van der Waals surface area contributed by atoms with Crippen LogP contribution in [-0.4, -0.2) is 16.9 Å². The first-order valence-electron chi connectivity index (χ1n) is 4.79. The molecule has 0 unspecified atom stereocenters. The number of hydrogen-bond acceptors (Lipinski definition) is 1. The van der Waals surface area contributed by atoms with Crippen LogP contribution < -0.4 is 5.32 Å². The van der Waals surface area contributed by atoms with Gasteiger partial charge in [-0.1, -0.05) is 50.7 Å². The molecule has 0 atom stereocenters. The summed E-state index contributed by atoms with van der Waals surface area (Å²) in [7, 11) is 0. The Labute approximate surface area is 112 Å².